The van der Waals surface area contributed by atoms with Crippen molar-refractivity contribution in [2.75, 3.05) is 30.0 Å². The van der Waals surface area contributed by atoms with Gasteiger partial charge in [-0.25, -0.2) is 0 Å². The standard InChI is InChI=1S/C22H22F3N3O2S/c1-3-27(4-2)16-11-9-15(10-12-16)13-19-20(29)28(21(30)31-19)14-26-18-8-6-5-7-17(18)22(23,24)25/h5-13,26H,3-4,14H2,1-2H3. The van der Waals surface area contributed by atoms with Crippen molar-refractivity contribution in [1.29, 1.82) is 0 Å². The second-order valence-corrected chi connectivity index (χ2v) is 7.74. The van der Waals surface area contributed by atoms with E-state index in [2.05, 4.69) is 24.1 Å². The summed E-state index contributed by atoms with van der Waals surface area (Å²) < 4.78 is 39.4. The predicted molar refractivity (Wildman–Crippen MR) is 118 cm³/mol. The Labute approximate surface area is 182 Å². The normalized spacial score (nSPS) is 15.6. The van der Waals surface area contributed by atoms with E-state index in [1.54, 1.807) is 6.08 Å². The van der Waals surface area contributed by atoms with Crippen LogP contribution in [-0.2, 0) is 11.0 Å². The van der Waals surface area contributed by atoms with Gasteiger partial charge in [-0.05, 0) is 61.5 Å². The molecule has 0 aliphatic carbocycles. The molecule has 0 bridgehead atoms. The maximum atomic E-state index is 13.1. The molecule has 1 saturated heterocycles. The molecule has 31 heavy (non-hydrogen) atoms. The van der Waals surface area contributed by atoms with Crippen molar-refractivity contribution in [1.82, 2.24) is 4.90 Å². The number of carbonyl (C=O) groups is 2. The van der Waals surface area contributed by atoms with E-state index >= 15 is 0 Å². The third kappa shape index (κ3) is 5.22. The first-order valence-electron chi connectivity index (χ1n) is 9.75. The van der Waals surface area contributed by atoms with Gasteiger partial charge in [0.15, 0.2) is 0 Å². The summed E-state index contributed by atoms with van der Waals surface area (Å²) in [6.45, 7) is 5.53. The second-order valence-electron chi connectivity index (χ2n) is 6.75. The first-order valence-corrected chi connectivity index (χ1v) is 10.6. The topological polar surface area (TPSA) is 52.7 Å². The summed E-state index contributed by atoms with van der Waals surface area (Å²) in [5, 5.41) is 2.02. The number of nitrogens with zero attached hydrogens (tertiary/aromatic N) is 2. The Bertz CT molecular complexity index is 986. The molecule has 0 saturated carbocycles. The van der Waals surface area contributed by atoms with Gasteiger partial charge in [-0.3, -0.25) is 14.5 Å². The highest BCUT2D eigenvalue weighted by atomic mass is 32.2. The Balaban J connectivity index is 1.72. The van der Waals surface area contributed by atoms with E-state index in [4.69, 9.17) is 0 Å². The van der Waals surface area contributed by atoms with Gasteiger partial charge in [-0.2, -0.15) is 13.2 Å². The Hall–Kier alpha value is -2.94. The molecule has 0 aromatic heterocycles. The molecule has 9 heteroatoms. The number of halogens is 3. The van der Waals surface area contributed by atoms with Crippen molar-refractivity contribution in [2.45, 2.75) is 20.0 Å². The molecular weight excluding hydrogens is 427 g/mol. The maximum absolute atomic E-state index is 13.1. The lowest BCUT2D eigenvalue weighted by atomic mass is 10.1. The van der Waals surface area contributed by atoms with Crippen LogP contribution in [0.1, 0.15) is 25.0 Å². The number of carbonyl (C=O) groups excluding carboxylic acids is 2. The Kier molecular flexibility index (Phi) is 6.94. The zero-order chi connectivity index (χ0) is 22.6. The molecule has 1 aliphatic heterocycles. The van der Waals surface area contributed by atoms with Gasteiger partial charge < -0.3 is 10.2 Å². The molecule has 3 rings (SSSR count). The fourth-order valence-electron chi connectivity index (χ4n) is 3.21. The van der Waals surface area contributed by atoms with Gasteiger partial charge in [0.05, 0.1) is 17.1 Å². The van der Waals surface area contributed by atoms with Crippen LogP contribution in [0.5, 0.6) is 0 Å². The third-order valence-electron chi connectivity index (χ3n) is 4.85. The van der Waals surface area contributed by atoms with Crippen molar-refractivity contribution in [3.05, 3.63) is 64.6 Å². The van der Waals surface area contributed by atoms with Gasteiger partial charge in [0.1, 0.15) is 0 Å². The van der Waals surface area contributed by atoms with Crippen LogP contribution >= 0.6 is 11.8 Å². The number of rotatable bonds is 7. The van der Waals surface area contributed by atoms with Crippen LogP contribution < -0.4 is 10.2 Å². The van der Waals surface area contributed by atoms with Gasteiger partial charge in [-0.15, -0.1) is 0 Å². The fraction of sp³-hybridized carbons (Fsp3) is 0.273. The molecular formula is C22H22F3N3O2S. The summed E-state index contributed by atoms with van der Waals surface area (Å²) in [6, 6.07) is 12.5. The first kappa shape index (κ1) is 22.7. The van der Waals surface area contributed by atoms with Gasteiger partial charge in [-0.1, -0.05) is 24.3 Å². The van der Waals surface area contributed by atoms with E-state index in [0.717, 1.165) is 47.1 Å². The molecule has 0 unspecified atom stereocenters. The molecule has 5 nitrogen and oxygen atoms in total. The average molecular weight is 449 g/mol. The number of benzene rings is 2. The van der Waals surface area contributed by atoms with Gasteiger partial charge in [0.25, 0.3) is 11.1 Å². The zero-order valence-electron chi connectivity index (χ0n) is 17.1. The summed E-state index contributed by atoms with van der Waals surface area (Å²) in [6.07, 6.45) is -2.93. The quantitative estimate of drug-likeness (QED) is 0.553. The van der Waals surface area contributed by atoms with E-state index < -0.39 is 22.9 Å². The molecule has 164 valence electrons. The van der Waals surface area contributed by atoms with Crippen LogP contribution in [0.2, 0.25) is 0 Å². The molecule has 2 aromatic rings. The summed E-state index contributed by atoms with van der Waals surface area (Å²) in [5.41, 5.74) is 0.774. The maximum Gasteiger partial charge on any atom is 0.418 e. The van der Waals surface area contributed by atoms with Crippen LogP contribution in [0.4, 0.5) is 29.3 Å². The summed E-state index contributed by atoms with van der Waals surface area (Å²) in [5.74, 6) is -0.542. The van der Waals surface area contributed by atoms with Crippen LogP contribution in [0.25, 0.3) is 6.08 Å². The van der Waals surface area contributed by atoms with Crippen LogP contribution in [-0.4, -0.2) is 35.8 Å². The van der Waals surface area contributed by atoms with Crippen LogP contribution in [0.3, 0.4) is 0 Å². The van der Waals surface area contributed by atoms with Crippen molar-refractivity contribution in [2.24, 2.45) is 0 Å². The Morgan fingerprint density at radius 2 is 1.68 bits per heavy atom. The van der Waals surface area contributed by atoms with Crippen LogP contribution in [0, 0.1) is 0 Å². The molecule has 0 radical (unpaired) electrons. The predicted octanol–water partition coefficient (Wildman–Crippen LogP) is 5.66. The van der Waals surface area contributed by atoms with Crippen molar-refractivity contribution < 1.29 is 22.8 Å². The molecule has 1 N–H and O–H groups in total. The number of imide groups is 1. The summed E-state index contributed by atoms with van der Waals surface area (Å²) in [7, 11) is 0. The number of thioether (sulfide) groups is 1. The van der Waals surface area contributed by atoms with Crippen molar-refractivity contribution in [3.8, 4) is 0 Å². The Morgan fingerprint density at radius 1 is 1.03 bits per heavy atom. The van der Waals surface area contributed by atoms with Gasteiger partial charge in [0.2, 0.25) is 0 Å². The third-order valence-corrected chi connectivity index (χ3v) is 5.76. The molecule has 0 atom stereocenters. The monoisotopic (exact) mass is 449 g/mol. The smallest absolute Gasteiger partial charge is 0.372 e. The molecule has 2 amide bonds. The van der Waals surface area contributed by atoms with E-state index in [1.165, 1.54) is 18.2 Å². The molecule has 1 aliphatic rings. The fourth-order valence-corrected chi connectivity index (χ4v) is 4.04. The van der Waals surface area contributed by atoms with Crippen molar-refractivity contribution >= 4 is 40.4 Å². The summed E-state index contributed by atoms with van der Waals surface area (Å²) in [4.78, 5) is 28.2. The molecule has 0 spiro atoms. The lowest BCUT2D eigenvalue weighted by Gasteiger charge is -2.20. The minimum atomic E-state index is -4.54. The number of amides is 2. The van der Waals surface area contributed by atoms with Crippen molar-refractivity contribution in [3.63, 3.8) is 0 Å². The lowest BCUT2D eigenvalue weighted by molar-refractivity contribution is -0.137. The number of hydrogen-bond donors (Lipinski definition) is 1. The van der Waals surface area contributed by atoms with E-state index in [-0.39, 0.29) is 17.3 Å². The SMILES string of the molecule is CCN(CC)c1ccc(C=C2SC(=O)N(CNc3ccccc3C(F)(F)F)C2=O)cc1. The lowest BCUT2D eigenvalue weighted by Crippen LogP contribution is -2.33. The molecule has 2 aromatic carbocycles. The minimum absolute atomic E-state index is 0.190. The number of nitrogens with one attached hydrogen (secondary N) is 1. The zero-order valence-corrected chi connectivity index (χ0v) is 17.9. The van der Waals surface area contributed by atoms with E-state index in [0.29, 0.717) is 0 Å². The summed E-state index contributed by atoms with van der Waals surface area (Å²) >= 11 is 0.767. The average Bonchev–Trinajstić information content (AvgIpc) is 3.00. The number of alkyl halides is 3. The second kappa shape index (κ2) is 9.47. The first-order chi connectivity index (χ1) is 14.7. The Morgan fingerprint density at radius 3 is 2.29 bits per heavy atom. The van der Waals surface area contributed by atoms with Gasteiger partial charge in [0, 0.05) is 24.5 Å². The molecule has 1 fully saturated rings. The highest BCUT2D eigenvalue weighted by Crippen LogP contribution is 2.36. The van der Waals surface area contributed by atoms with Gasteiger partial charge >= 0.3 is 6.18 Å². The molecule has 1 heterocycles. The number of anilines is 2. The van der Waals surface area contributed by atoms with E-state index in [1.807, 2.05) is 24.3 Å². The number of hydrogen-bond acceptors (Lipinski definition) is 5. The minimum Gasteiger partial charge on any atom is -0.372 e. The highest BCUT2D eigenvalue weighted by molar-refractivity contribution is 8.18. The largest absolute Gasteiger partial charge is 0.418 e. The van der Waals surface area contributed by atoms with Crippen LogP contribution in [0.15, 0.2) is 53.4 Å². The van der Waals surface area contributed by atoms with E-state index in [9.17, 15) is 22.8 Å². The number of para-hydroxylation sites is 1. The highest BCUT2D eigenvalue weighted by Gasteiger charge is 2.36.